The Morgan fingerprint density at radius 3 is 2.93 bits per heavy atom. The molecule has 0 aliphatic heterocycles. The highest BCUT2D eigenvalue weighted by Crippen LogP contribution is 2.21. The summed E-state index contributed by atoms with van der Waals surface area (Å²) in [5.74, 6) is 0.922. The van der Waals surface area contributed by atoms with E-state index in [-0.39, 0.29) is 0 Å². The second-order valence-corrected chi connectivity index (χ2v) is 3.21. The van der Waals surface area contributed by atoms with Crippen LogP contribution in [0.5, 0.6) is 5.75 Å². The number of pyridine rings is 1. The fourth-order valence-corrected chi connectivity index (χ4v) is 1.56. The summed E-state index contributed by atoms with van der Waals surface area (Å²) in [7, 11) is 0. The van der Waals surface area contributed by atoms with Crippen LogP contribution < -0.4 is 4.74 Å². The fourth-order valence-electron chi connectivity index (χ4n) is 1.56. The molecule has 0 fully saturated rings. The molecule has 2 aromatic rings. The fraction of sp³-hybridized carbons (Fsp3) is 0.250. The van der Waals surface area contributed by atoms with E-state index in [1.165, 1.54) is 10.8 Å². The normalized spacial score (nSPS) is 10.4. The lowest BCUT2D eigenvalue weighted by molar-refractivity contribution is 0.341. The quantitative estimate of drug-likeness (QED) is 0.721. The van der Waals surface area contributed by atoms with Gasteiger partial charge in [0.15, 0.2) is 0 Å². The lowest BCUT2D eigenvalue weighted by atomic mass is 10.1. The number of ether oxygens (including phenoxy) is 1. The predicted octanol–water partition coefficient (Wildman–Crippen LogP) is 2.94. The van der Waals surface area contributed by atoms with Gasteiger partial charge in [0, 0.05) is 17.3 Å². The molecule has 2 rings (SSSR count). The number of hydrogen-bond acceptors (Lipinski definition) is 2. The third-order valence-electron chi connectivity index (χ3n) is 2.25. The number of fused-ring (bicyclic) bond motifs is 1. The second kappa shape index (κ2) is 3.66. The highest BCUT2D eigenvalue weighted by molar-refractivity contribution is 5.85. The number of benzene rings is 1. The van der Waals surface area contributed by atoms with Crippen LogP contribution in [0.1, 0.15) is 12.6 Å². The maximum atomic E-state index is 5.43. The topological polar surface area (TPSA) is 22.1 Å². The zero-order valence-corrected chi connectivity index (χ0v) is 8.45. The van der Waals surface area contributed by atoms with Gasteiger partial charge in [-0.1, -0.05) is 0 Å². The van der Waals surface area contributed by atoms with E-state index in [9.17, 15) is 0 Å². The molecule has 14 heavy (non-hydrogen) atoms. The smallest absolute Gasteiger partial charge is 0.119 e. The molecule has 72 valence electrons. The van der Waals surface area contributed by atoms with Gasteiger partial charge in [0.25, 0.3) is 0 Å². The summed E-state index contributed by atoms with van der Waals surface area (Å²) >= 11 is 0. The lowest BCUT2D eigenvalue weighted by Crippen LogP contribution is -1.91. The summed E-state index contributed by atoms with van der Waals surface area (Å²) in [4.78, 5) is 4.24. The molecule has 0 atom stereocenters. The Morgan fingerprint density at radius 2 is 2.14 bits per heavy atom. The van der Waals surface area contributed by atoms with E-state index in [1.54, 1.807) is 0 Å². The third-order valence-corrected chi connectivity index (χ3v) is 2.25. The Bertz CT molecular complexity index is 451. The van der Waals surface area contributed by atoms with Gasteiger partial charge in [0.2, 0.25) is 0 Å². The molecule has 0 unspecified atom stereocenters. The molecule has 2 heteroatoms. The van der Waals surface area contributed by atoms with E-state index in [0.717, 1.165) is 11.4 Å². The Hall–Kier alpha value is -1.57. The van der Waals surface area contributed by atoms with Crippen LogP contribution in [0, 0.1) is 6.92 Å². The van der Waals surface area contributed by atoms with Crippen LogP contribution in [-0.4, -0.2) is 11.6 Å². The van der Waals surface area contributed by atoms with E-state index in [0.29, 0.717) is 6.61 Å². The van der Waals surface area contributed by atoms with Crippen LogP contribution in [-0.2, 0) is 0 Å². The van der Waals surface area contributed by atoms with Crippen LogP contribution in [0.2, 0.25) is 0 Å². The zero-order valence-electron chi connectivity index (χ0n) is 8.45. The van der Waals surface area contributed by atoms with E-state index in [1.807, 2.05) is 38.2 Å². The number of aryl methyl sites for hydroxylation is 1. The molecule has 0 aliphatic rings. The molecule has 0 aliphatic carbocycles. The Morgan fingerprint density at radius 1 is 1.29 bits per heavy atom. The Kier molecular flexibility index (Phi) is 2.35. The van der Waals surface area contributed by atoms with Crippen molar-refractivity contribution in [3.05, 3.63) is 36.2 Å². The van der Waals surface area contributed by atoms with E-state index < -0.39 is 0 Å². The van der Waals surface area contributed by atoms with Crippen LogP contribution >= 0.6 is 0 Å². The summed E-state index contributed by atoms with van der Waals surface area (Å²) in [6, 6.07) is 8.10. The zero-order chi connectivity index (χ0) is 9.97. The first kappa shape index (κ1) is 9.00. The monoisotopic (exact) mass is 187 g/mol. The highest BCUT2D eigenvalue weighted by atomic mass is 16.5. The number of hydrogen-bond donors (Lipinski definition) is 0. The SMILES string of the molecule is CCOc1ccc2c(C)nccc2c1. The van der Waals surface area contributed by atoms with Crippen LogP contribution in [0.15, 0.2) is 30.5 Å². The van der Waals surface area contributed by atoms with Gasteiger partial charge in [0.1, 0.15) is 5.75 Å². The van der Waals surface area contributed by atoms with E-state index >= 15 is 0 Å². The van der Waals surface area contributed by atoms with Crippen molar-refractivity contribution in [2.24, 2.45) is 0 Å². The average Bonchev–Trinajstić information content (AvgIpc) is 2.18. The van der Waals surface area contributed by atoms with Crippen LogP contribution in [0.4, 0.5) is 0 Å². The first-order valence-corrected chi connectivity index (χ1v) is 4.79. The van der Waals surface area contributed by atoms with Crippen molar-refractivity contribution in [1.29, 1.82) is 0 Å². The molecule has 0 radical (unpaired) electrons. The van der Waals surface area contributed by atoms with Gasteiger partial charge in [-0.3, -0.25) is 4.98 Å². The third kappa shape index (κ3) is 1.55. The lowest BCUT2D eigenvalue weighted by Gasteiger charge is -2.05. The molecule has 0 spiro atoms. The first-order valence-electron chi connectivity index (χ1n) is 4.79. The van der Waals surface area contributed by atoms with E-state index in [4.69, 9.17) is 4.74 Å². The van der Waals surface area contributed by atoms with Crippen molar-refractivity contribution in [3.8, 4) is 5.75 Å². The largest absolute Gasteiger partial charge is 0.494 e. The van der Waals surface area contributed by atoms with Crippen LogP contribution in [0.3, 0.4) is 0 Å². The number of aromatic nitrogens is 1. The molecule has 1 aromatic heterocycles. The van der Waals surface area contributed by atoms with Gasteiger partial charge in [0.05, 0.1) is 6.61 Å². The average molecular weight is 187 g/mol. The number of nitrogens with zero attached hydrogens (tertiary/aromatic N) is 1. The summed E-state index contributed by atoms with van der Waals surface area (Å²) in [6.07, 6.45) is 1.83. The van der Waals surface area contributed by atoms with Crippen molar-refractivity contribution in [1.82, 2.24) is 4.98 Å². The summed E-state index contributed by atoms with van der Waals surface area (Å²) in [5, 5.41) is 2.37. The second-order valence-electron chi connectivity index (χ2n) is 3.21. The molecule has 2 nitrogen and oxygen atoms in total. The van der Waals surface area contributed by atoms with Crippen molar-refractivity contribution < 1.29 is 4.74 Å². The highest BCUT2D eigenvalue weighted by Gasteiger charge is 1.99. The molecular formula is C12H13NO. The minimum absolute atomic E-state index is 0.704. The van der Waals surface area contributed by atoms with Gasteiger partial charge in [-0.05, 0) is 43.5 Å². The molecule has 0 amide bonds. The summed E-state index contributed by atoms with van der Waals surface area (Å²) in [5.41, 5.74) is 1.06. The molecule has 0 bridgehead atoms. The molecule has 1 aromatic carbocycles. The predicted molar refractivity (Wildman–Crippen MR) is 57.6 cm³/mol. The molecule has 0 N–H and O–H groups in total. The van der Waals surface area contributed by atoms with Gasteiger partial charge in [-0.25, -0.2) is 0 Å². The maximum Gasteiger partial charge on any atom is 0.119 e. The minimum Gasteiger partial charge on any atom is -0.494 e. The van der Waals surface area contributed by atoms with Gasteiger partial charge >= 0.3 is 0 Å². The summed E-state index contributed by atoms with van der Waals surface area (Å²) < 4.78 is 5.43. The standard InChI is InChI=1S/C12H13NO/c1-3-14-11-4-5-12-9(2)13-7-6-10(12)8-11/h4-8H,3H2,1-2H3. The van der Waals surface area contributed by atoms with Crippen molar-refractivity contribution in [3.63, 3.8) is 0 Å². The van der Waals surface area contributed by atoms with Crippen molar-refractivity contribution >= 4 is 10.8 Å². The molecule has 0 saturated carbocycles. The van der Waals surface area contributed by atoms with E-state index in [2.05, 4.69) is 11.1 Å². The van der Waals surface area contributed by atoms with Gasteiger partial charge < -0.3 is 4.74 Å². The Labute approximate surface area is 83.5 Å². The van der Waals surface area contributed by atoms with Crippen molar-refractivity contribution in [2.45, 2.75) is 13.8 Å². The molecule has 1 heterocycles. The summed E-state index contributed by atoms with van der Waals surface area (Å²) in [6.45, 7) is 4.71. The van der Waals surface area contributed by atoms with Crippen LogP contribution in [0.25, 0.3) is 10.8 Å². The van der Waals surface area contributed by atoms with Crippen molar-refractivity contribution in [2.75, 3.05) is 6.61 Å². The number of rotatable bonds is 2. The maximum absolute atomic E-state index is 5.43. The minimum atomic E-state index is 0.704. The van der Waals surface area contributed by atoms with Gasteiger partial charge in [-0.15, -0.1) is 0 Å². The Balaban J connectivity index is 2.56. The first-order chi connectivity index (χ1) is 6.81. The van der Waals surface area contributed by atoms with Gasteiger partial charge in [-0.2, -0.15) is 0 Å². The molecule has 0 saturated heterocycles. The molecular weight excluding hydrogens is 174 g/mol.